The highest BCUT2D eigenvalue weighted by Gasteiger charge is 2.16. The number of piperazine rings is 1. The van der Waals surface area contributed by atoms with Crippen LogP contribution in [0.1, 0.15) is 22.5 Å². The molecule has 1 aliphatic rings. The van der Waals surface area contributed by atoms with Crippen molar-refractivity contribution in [3.63, 3.8) is 0 Å². The molecule has 1 aromatic rings. The van der Waals surface area contributed by atoms with E-state index in [4.69, 9.17) is 0 Å². The van der Waals surface area contributed by atoms with Crippen molar-refractivity contribution in [2.24, 2.45) is 0 Å². The van der Waals surface area contributed by atoms with Crippen LogP contribution in [-0.2, 0) is 0 Å². The van der Waals surface area contributed by atoms with Crippen LogP contribution in [0.25, 0.3) is 0 Å². The fourth-order valence-corrected chi connectivity index (χ4v) is 3.30. The summed E-state index contributed by atoms with van der Waals surface area (Å²) < 4.78 is 0. The summed E-state index contributed by atoms with van der Waals surface area (Å²) in [6, 6.07) is 3.88. The standard InChI is InChI=1S/C16H27N3OS/c1-17(2)8-9-19-12-10-18(11-13-19)7-3-5-15(20)16-6-4-14-21-16/h4,6,14H,3,5,7-13H2,1-2H3. The van der Waals surface area contributed by atoms with Crippen LogP contribution in [0.5, 0.6) is 0 Å². The molecule has 1 saturated heterocycles. The van der Waals surface area contributed by atoms with E-state index in [1.807, 2.05) is 17.5 Å². The Morgan fingerprint density at radius 2 is 1.86 bits per heavy atom. The fraction of sp³-hybridized carbons (Fsp3) is 0.688. The molecule has 0 bridgehead atoms. The number of hydrogen-bond donors (Lipinski definition) is 0. The van der Waals surface area contributed by atoms with E-state index in [1.165, 1.54) is 0 Å². The summed E-state index contributed by atoms with van der Waals surface area (Å²) in [7, 11) is 4.25. The molecule has 1 aromatic heterocycles. The Hall–Kier alpha value is -0.750. The predicted octanol–water partition coefficient (Wildman–Crippen LogP) is 1.89. The number of likely N-dealkylation sites (N-methyl/N-ethyl adjacent to an activating group) is 1. The average Bonchev–Trinajstić information content (AvgIpc) is 3.00. The maximum atomic E-state index is 11.9. The van der Waals surface area contributed by atoms with Crippen LogP contribution in [0.3, 0.4) is 0 Å². The summed E-state index contributed by atoms with van der Waals surface area (Å²) in [5.74, 6) is 0.301. The van der Waals surface area contributed by atoms with Gasteiger partial charge in [-0.3, -0.25) is 9.69 Å². The van der Waals surface area contributed by atoms with Gasteiger partial charge in [-0.05, 0) is 38.5 Å². The number of Topliss-reactive ketones (excluding diaryl/α,β-unsaturated/α-hetero) is 1. The minimum atomic E-state index is 0.301. The SMILES string of the molecule is CN(C)CCN1CCN(CCCC(=O)c2cccs2)CC1. The summed E-state index contributed by atoms with van der Waals surface area (Å²) in [6.45, 7) is 7.95. The van der Waals surface area contributed by atoms with Crippen LogP contribution in [0.4, 0.5) is 0 Å². The lowest BCUT2D eigenvalue weighted by Crippen LogP contribution is -2.48. The molecule has 2 rings (SSSR count). The highest BCUT2D eigenvalue weighted by atomic mass is 32.1. The fourth-order valence-electron chi connectivity index (χ4n) is 2.60. The molecule has 2 heterocycles. The number of carbonyl (C=O) groups is 1. The number of ketones is 1. The molecule has 0 radical (unpaired) electrons. The normalized spacial score (nSPS) is 17.5. The predicted molar refractivity (Wildman–Crippen MR) is 89.3 cm³/mol. The molecule has 0 aromatic carbocycles. The molecule has 1 aliphatic heterocycles. The number of nitrogens with zero attached hydrogens (tertiary/aromatic N) is 3. The van der Waals surface area contributed by atoms with Crippen LogP contribution in [0.2, 0.25) is 0 Å². The van der Waals surface area contributed by atoms with Crippen LogP contribution < -0.4 is 0 Å². The Morgan fingerprint density at radius 3 is 2.43 bits per heavy atom. The van der Waals surface area contributed by atoms with E-state index in [1.54, 1.807) is 11.3 Å². The van der Waals surface area contributed by atoms with Crippen LogP contribution in [0.15, 0.2) is 17.5 Å². The van der Waals surface area contributed by atoms with Gasteiger partial charge in [0.05, 0.1) is 4.88 Å². The third kappa shape index (κ3) is 5.87. The van der Waals surface area contributed by atoms with Gasteiger partial charge in [-0.1, -0.05) is 6.07 Å². The lowest BCUT2D eigenvalue weighted by atomic mass is 10.2. The highest BCUT2D eigenvalue weighted by molar-refractivity contribution is 7.12. The van der Waals surface area contributed by atoms with E-state index in [0.29, 0.717) is 12.2 Å². The Balaban J connectivity index is 1.58. The molecule has 0 aliphatic carbocycles. The van der Waals surface area contributed by atoms with Gasteiger partial charge in [0.1, 0.15) is 0 Å². The van der Waals surface area contributed by atoms with Gasteiger partial charge in [-0.15, -0.1) is 11.3 Å². The van der Waals surface area contributed by atoms with Crippen LogP contribution in [-0.4, -0.2) is 80.4 Å². The van der Waals surface area contributed by atoms with Crippen molar-refractivity contribution in [2.75, 3.05) is 59.9 Å². The summed E-state index contributed by atoms with van der Waals surface area (Å²) in [4.78, 5) is 20.1. The van der Waals surface area contributed by atoms with Gasteiger partial charge in [0, 0.05) is 45.7 Å². The second-order valence-corrected chi connectivity index (χ2v) is 6.94. The van der Waals surface area contributed by atoms with Crippen molar-refractivity contribution < 1.29 is 4.79 Å². The zero-order valence-electron chi connectivity index (χ0n) is 13.3. The summed E-state index contributed by atoms with van der Waals surface area (Å²) in [5.41, 5.74) is 0. The Morgan fingerprint density at radius 1 is 1.19 bits per heavy atom. The molecule has 0 N–H and O–H groups in total. The molecule has 4 nitrogen and oxygen atoms in total. The zero-order valence-corrected chi connectivity index (χ0v) is 14.1. The summed E-state index contributed by atoms with van der Waals surface area (Å²) in [6.07, 6.45) is 1.66. The first-order chi connectivity index (χ1) is 10.1. The van der Waals surface area contributed by atoms with Gasteiger partial charge in [-0.2, -0.15) is 0 Å². The largest absolute Gasteiger partial charge is 0.308 e. The molecule has 0 atom stereocenters. The lowest BCUT2D eigenvalue weighted by molar-refractivity contribution is 0.0963. The third-order valence-electron chi connectivity index (χ3n) is 4.00. The molecule has 0 unspecified atom stereocenters. The topological polar surface area (TPSA) is 26.8 Å². The molecule has 5 heteroatoms. The van der Waals surface area contributed by atoms with E-state index >= 15 is 0 Å². The lowest BCUT2D eigenvalue weighted by Gasteiger charge is -2.35. The molecule has 0 amide bonds. The van der Waals surface area contributed by atoms with E-state index in [0.717, 1.165) is 57.1 Å². The minimum Gasteiger partial charge on any atom is -0.308 e. The van der Waals surface area contributed by atoms with Crippen molar-refractivity contribution in [3.05, 3.63) is 22.4 Å². The van der Waals surface area contributed by atoms with Crippen LogP contribution in [0, 0.1) is 0 Å². The van der Waals surface area contributed by atoms with Gasteiger partial charge < -0.3 is 9.80 Å². The monoisotopic (exact) mass is 309 g/mol. The zero-order chi connectivity index (χ0) is 15.1. The van der Waals surface area contributed by atoms with Gasteiger partial charge in [0.2, 0.25) is 0 Å². The number of thiophene rings is 1. The Labute approximate surface area is 132 Å². The molecule has 118 valence electrons. The van der Waals surface area contributed by atoms with Gasteiger partial charge >= 0.3 is 0 Å². The van der Waals surface area contributed by atoms with Crippen molar-refractivity contribution >= 4 is 17.1 Å². The van der Waals surface area contributed by atoms with Crippen molar-refractivity contribution in [3.8, 4) is 0 Å². The summed E-state index contributed by atoms with van der Waals surface area (Å²) in [5, 5.41) is 1.97. The van der Waals surface area contributed by atoms with Crippen molar-refractivity contribution in [1.82, 2.24) is 14.7 Å². The molecule has 21 heavy (non-hydrogen) atoms. The maximum absolute atomic E-state index is 11.9. The molecular formula is C16H27N3OS. The molecule has 0 saturated carbocycles. The van der Waals surface area contributed by atoms with E-state index in [9.17, 15) is 4.79 Å². The van der Waals surface area contributed by atoms with E-state index < -0.39 is 0 Å². The number of carbonyl (C=O) groups excluding carboxylic acids is 1. The Kier molecular flexibility index (Phi) is 6.83. The quantitative estimate of drug-likeness (QED) is 0.685. The first-order valence-electron chi connectivity index (χ1n) is 7.81. The average molecular weight is 309 g/mol. The van der Waals surface area contributed by atoms with E-state index in [2.05, 4.69) is 28.8 Å². The maximum Gasteiger partial charge on any atom is 0.172 e. The van der Waals surface area contributed by atoms with E-state index in [-0.39, 0.29) is 0 Å². The van der Waals surface area contributed by atoms with Gasteiger partial charge in [-0.25, -0.2) is 0 Å². The molecule has 1 fully saturated rings. The number of rotatable bonds is 8. The Bertz CT molecular complexity index is 411. The summed E-state index contributed by atoms with van der Waals surface area (Å²) >= 11 is 1.55. The first-order valence-corrected chi connectivity index (χ1v) is 8.69. The van der Waals surface area contributed by atoms with Gasteiger partial charge in [0.25, 0.3) is 0 Å². The third-order valence-corrected chi connectivity index (χ3v) is 4.91. The van der Waals surface area contributed by atoms with Gasteiger partial charge in [0.15, 0.2) is 5.78 Å². The van der Waals surface area contributed by atoms with Crippen LogP contribution >= 0.6 is 11.3 Å². The molecular weight excluding hydrogens is 282 g/mol. The smallest absolute Gasteiger partial charge is 0.172 e. The molecule has 0 spiro atoms. The number of hydrogen-bond acceptors (Lipinski definition) is 5. The second kappa shape index (κ2) is 8.63. The van der Waals surface area contributed by atoms with Crippen molar-refractivity contribution in [2.45, 2.75) is 12.8 Å². The second-order valence-electron chi connectivity index (χ2n) is 5.99. The first kappa shape index (κ1) is 16.6. The highest BCUT2D eigenvalue weighted by Crippen LogP contribution is 2.13. The van der Waals surface area contributed by atoms with Crippen molar-refractivity contribution in [1.29, 1.82) is 0 Å². The minimum absolute atomic E-state index is 0.301.